The predicted molar refractivity (Wildman–Crippen MR) is 112 cm³/mol. The molecule has 1 spiro atoms. The molecule has 2 N–H and O–H groups in total. The highest BCUT2D eigenvalue weighted by Gasteiger charge is 2.62. The first kappa shape index (κ1) is 20.5. The van der Waals surface area contributed by atoms with Gasteiger partial charge in [0.2, 0.25) is 0 Å². The minimum Gasteiger partial charge on any atom is -0.497 e. The molecule has 1 aromatic heterocycles. The first-order valence-electron chi connectivity index (χ1n) is 9.80. The van der Waals surface area contributed by atoms with Crippen molar-refractivity contribution in [1.29, 1.82) is 0 Å². The Labute approximate surface area is 175 Å². The number of ether oxygens (including phenoxy) is 3. The Balaban J connectivity index is 1.45. The van der Waals surface area contributed by atoms with Crippen molar-refractivity contribution in [3.63, 3.8) is 0 Å². The molecule has 2 aliphatic rings. The number of methoxy groups -OCH3 is 2. The van der Waals surface area contributed by atoms with Crippen molar-refractivity contribution in [2.45, 2.75) is 47.6 Å². The number of hydrogen-bond acceptors (Lipinski definition) is 7. The number of aliphatic hydroxyl groups is 2. The van der Waals surface area contributed by atoms with Crippen LogP contribution in [0.1, 0.15) is 24.0 Å². The van der Waals surface area contributed by atoms with Gasteiger partial charge in [-0.25, -0.2) is 0 Å². The minimum absolute atomic E-state index is 0.00664. The lowest BCUT2D eigenvalue weighted by Gasteiger charge is -2.36. The van der Waals surface area contributed by atoms with Gasteiger partial charge in [0.25, 0.3) is 0 Å². The third-order valence-electron chi connectivity index (χ3n) is 5.70. The van der Waals surface area contributed by atoms with Crippen molar-refractivity contribution in [2.24, 2.45) is 0 Å². The van der Waals surface area contributed by atoms with Gasteiger partial charge in [-0.05, 0) is 30.2 Å². The second-order valence-corrected chi connectivity index (χ2v) is 9.41. The average molecular weight is 418 g/mol. The van der Waals surface area contributed by atoms with Crippen LogP contribution in [0.5, 0.6) is 11.5 Å². The number of hydrogen-bond donors (Lipinski definition) is 2. The summed E-state index contributed by atoms with van der Waals surface area (Å²) in [5, 5.41) is 20.4. The summed E-state index contributed by atoms with van der Waals surface area (Å²) >= 11 is 1.68. The molecule has 6 nitrogen and oxygen atoms in total. The quantitative estimate of drug-likeness (QED) is 0.716. The van der Waals surface area contributed by atoms with E-state index in [1.54, 1.807) is 38.4 Å². The molecule has 1 saturated heterocycles. The molecule has 5 atom stereocenters. The van der Waals surface area contributed by atoms with Crippen LogP contribution in [0.3, 0.4) is 0 Å². The van der Waals surface area contributed by atoms with Gasteiger partial charge in [-0.2, -0.15) is 0 Å². The Morgan fingerprint density at radius 1 is 1.14 bits per heavy atom. The van der Waals surface area contributed by atoms with Crippen LogP contribution in [0.2, 0.25) is 0 Å². The lowest BCUT2D eigenvalue weighted by molar-refractivity contribution is -0.00717. The topological polar surface area (TPSA) is 81.0 Å². The molecule has 4 rings (SSSR count). The van der Waals surface area contributed by atoms with E-state index >= 15 is 0 Å². The molecule has 2 aromatic rings. The molecule has 2 heterocycles. The summed E-state index contributed by atoms with van der Waals surface area (Å²) in [6.07, 6.45) is 4.12. The summed E-state index contributed by atoms with van der Waals surface area (Å²) < 4.78 is 16.6. The lowest BCUT2D eigenvalue weighted by Crippen LogP contribution is -2.47. The highest BCUT2D eigenvalue weighted by molar-refractivity contribution is 8.01. The largest absolute Gasteiger partial charge is 0.497 e. The molecule has 0 bridgehead atoms. The van der Waals surface area contributed by atoms with Crippen LogP contribution >= 0.6 is 11.8 Å². The Hall–Kier alpha value is -1.80. The molecular weight excluding hydrogens is 390 g/mol. The zero-order chi connectivity index (χ0) is 20.4. The summed E-state index contributed by atoms with van der Waals surface area (Å²) in [4.78, 5) is 4.24. The van der Waals surface area contributed by atoms with Gasteiger partial charge >= 0.3 is 0 Å². The summed E-state index contributed by atoms with van der Waals surface area (Å²) in [7, 11) is 3.27. The molecule has 1 aliphatic carbocycles. The second-order valence-electron chi connectivity index (χ2n) is 7.76. The smallest absolute Gasteiger partial charge is 0.141 e. The highest BCUT2D eigenvalue weighted by Crippen LogP contribution is 2.58. The molecule has 0 radical (unpaired) electrons. The van der Waals surface area contributed by atoms with Gasteiger partial charge in [-0.1, -0.05) is 12.1 Å². The number of thioether (sulfide) groups is 1. The summed E-state index contributed by atoms with van der Waals surface area (Å²) in [6, 6.07) is 9.98. The molecule has 156 valence electrons. The van der Waals surface area contributed by atoms with Crippen molar-refractivity contribution in [3.8, 4) is 11.5 Å². The fraction of sp³-hybridized carbons (Fsp3) is 0.500. The molecular formula is C22H27NO5S. The van der Waals surface area contributed by atoms with E-state index in [0.717, 1.165) is 35.5 Å². The third kappa shape index (κ3) is 4.38. The van der Waals surface area contributed by atoms with Crippen molar-refractivity contribution in [1.82, 2.24) is 4.98 Å². The zero-order valence-electron chi connectivity index (χ0n) is 16.7. The van der Waals surface area contributed by atoms with E-state index in [2.05, 4.69) is 4.98 Å². The monoisotopic (exact) mass is 417 g/mol. The van der Waals surface area contributed by atoms with E-state index in [4.69, 9.17) is 14.2 Å². The van der Waals surface area contributed by atoms with Crippen molar-refractivity contribution in [3.05, 3.63) is 53.9 Å². The van der Waals surface area contributed by atoms with Crippen molar-refractivity contribution >= 4 is 11.8 Å². The van der Waals surface area contributed by atoms with Gasteiger partial charge < -0.3 is 24.4 Å². The van der Waals surface area contributed by atoms with Crippen LogP contribution in [0.15, 0.2) is 42.7 Å². The van der Waals surface area contributed by atoms with Gasteiger partial charge in [0.05, 0.1) is 42.1 Å². The molecule has 7 heteroatoms. The summed E-state index contributed by atoms with van der Waals surface area (Å²) in [5.41, 5.74) is 2.24. The summed E-state index contributed by atoms with van der Waals surface area (Å²) in [6.45, 7) is 0.410. The van der Waals surface area contributed by atoms with Gasteiger partial charge in [0.1, 0.15) is 17.6 Å². The molecule has 1 aliphatic heterocycles. The number of rotatable bonds is 7. The molecule has 29 heavy (non-hydrogen) atoms. The van der Waals surface area contributed by atoms with Gasteiger partial charge in [-0.15, -0.1) is 11.8 Å². The second kappa shape index (κ2) is 8.52. The SMILES string of the molecule is COCC1SC2(CC2Oc2cnccc2Cc2ccc(OC)cc2)C[C@@H](O)[C@@H]1O. The van der Waals surface area contributed by atoms with Crippen LogP contribution in [0.25, 0.3) is 0 Å². The maximum Gasteiger partial charge on any atom is 0.141 e. The normalized spacial score (nSPS) is 30.9. The van der Waals surface area contributed by atoms with Crippen molar-refractivity contribution in [2.75, 3.05) is 20.8 Å². The standard InChI is InChI=1S/C22H27NO5S/c1-26-13-19-21(25)17(24)10-22(29-19)11-20(22)28-18-12-23-8-7-15(18)9-14-3-5-16(27-2)6-4-14/h3-8,12,17,19-21,24-25H,9-11,13H2,1-2H3/t17-,19?,20?,21+,22?/m1/s1. The lowest BCUT2D eigenvalue weighted by atomic mass is 10.0. The highest BCUT2D eigenvalue weighted by atomic mass is 32.2. The van der Waals surface area contributed by atoms with E-state index < -0.39 is 12.2 Å². The third-order valence-corrected chi connectivity index (χ3v) is 7.48. The maximum absolute atomic E-state index is 10.3. The van der Waals surface area contributed by atoms with E-state index in [1.807, 2.05) is 30.3 Å². The first-order chi connectivity index (χ1) is 14.0. The van der Waals surface area contributed by atoms with Crippen LogP contribution in [-0.2, 0) is 11.2 Å². The Morgan fingerprint density at radius 3 is 2.66 bits per heavy atom. The number of pyridine rings is 1. The Kier molecular flexibility index (Phi) is 6.01. The number of nitrogens with zero attached hydrogens (tertiary/aromatic N) is 1. The van der Waals surface area contributed by atoms with E-state index in [0.29, 0.717) is 13.0 Å². The van der Waals surface area contributed by atoms with Crippen LogP contribution in [0.4, 0.5) is 0 Å². The minimum atomic E-state index is -0.768. The predicted octanol–water partition coefficient (Wildman–Crippen LogP) is 2.44. The van der Waals surface area contributed by atoms with Gasteiger partial charge in [0.15, 0.2) is 0 Å². The number of aromatic nitrogens is 1. The van der Waals surface area contributed by atoms with Crippen LogP contribution in [-0.4, -0.2) is 64.3 Å². The molecule has 1 saturated carbocycles. The maximum atomic E-state index is 10.3. The number of benzene rings is 1. The summed E-state index contributed by atoms with van der Waals surface area (Å²) in [5.74, 6) is 1.61. The van der Waals surface area contributed by atoms with E-state index in [-0.39, 0.29) is 16.1 Å². The molecule has 2 fully saturated rings. The molecule has 3 unspecified atom stereocenters. The zero-order valence-corrected chi connectivity index (χ0v) is 17.5. The Morgan fingerprint density at radius 2 is 1.93 bits per heavy atom. The fourth-order valence-corrected chi connectivity index (χ4v) is 5.80. The molecule has 1 aromatic carbocycles. The fourth-order valence-electron chi connectivity index (χ4n) is 3.96. The van der Waals surface area contributed by atoms with E-state index in [9.17, 15) is 10.2 Å². The Bertz CT molecular complexity index is 832. The first-order valence-corrected chi connectivity index (χ1v) is 10.7. The van der Waals surface area contributed by atoms with Crippen LogP contribution < -0.4 is 9.47 Å². The van der Waals surface area contributed by atoms with Crippen molar-refractivity contribution < 1.29 is 24.4 Å². The van der Waals surface area contributed by atoms with Crippen LogP contribution in [0, 0.1) is 0 Å². The average Bonchev–Trinajstić information content (AvgIpc) is 3.38. The van der Waals surface area contributed by atoms with E-state index in [1.165, 1.54) is 0 Å². The molecule has 0 amide bonds. The van der Waals surface area contributed by atoms with Gasteiger partial charge in [0, 0.05) is 31.7 Å². The number of aliphatic hydroxyl groups excluding tert-OH is 2. The van der Waals surface area contributed by atoms with Gasteiger partial charge in [-0.3, -0.25) is 4.98 Å².